The van der Waals surface area contributed by atoms with Gasteiger partial charge in [-0.25, -0.2) is 0 Å². The molecule has 0 bridgehead atoms. The average molecular weight is 1230 g/mol. The SMILES string of the molecule is COCCOCCOCCC1(C)C(=CC=CC2N(CCCS(=O)(=O)O)c3ccc4c(S(=O)(=O)O)cc(S(=O)(=O)O)cc4c3C2(C)CCCS(=O)(=O)O)N(CCCCCC(=O)O)c2ccc3c(S(=O)(=O)O)cc(S(=O)(=O)O)cc3c21. The summed E-state index contributed by atoms with van der Waals surface area (Å²) >= 11 is 0. The quantitative estimate of drug-likeness (QED) is 0.0268. The van der Waals surface area contributed by atoms with Gasteiger partial charge in [0.05, 0.1) is 53.8 Å². The molecule has 0 radical (unpaired) electrons. The number of hydrogen-bond acceptors (Lipinski definition) is 18. The van der Waals surface area contributed by atoms with Gasteiger partial charge in [0.1, 0.15) is 9.79 Å². The number of ether oxygens (including phenoxy) is 3. The summed E-state index contributed by atoms with van der Waals surface area (Å²) in [6.07, 6.45) is 5.04. The van der Waals surface area contributed by atoms with E-state index in [1.807, 2.05) is 4.90 Å². The highest BCUT2D eigenvalue weighted by atomic mass is 32.2. The summed E-state index contributed by atoms with van der Waals surface area (Å²) in [6.45, 7) is 4.11. The van der Waals surface area contributed by atoms with E-state index in [-0.39, 0.29) is 111 Å². The molecular weight excluding hydrogens is 1160 g/mol. The number of fused-ring (bicyclic) bond motifs is 6. The van der Waals surface area contributed by atoms with Crippen LogP contribution in [0.15, 0.2) is 92.0 Å². The number of carbonyl (C=O) groups is 1. The van der Waals surface area contributed by atoms with Gasteiger partial charge in [0, 0.05) is 71.9 Å². The zero-order valence-corrected chi connectivity index (χ0v) is 47.9. The van der Waals surface area contributed by atoms with E-state index in [1.165, 1.54) is 25.3 Å². The van der Waals surface area contributed by atoms with Crippen LogP contribution in [0.5, 0.6) is 0 Å². The minimum atomic E-state index is -5.24. The van der Waals surface area contributed by atoms with Crippen molar-refractivity contribution in [2.75, 3.05) is 74.5 Å². The smallest absolute Gasteiger partial charge is 0.303 e. The molecule has 0 saturated heterocycles. The molecule has 3 atom stereocenters. The van der Waals surface area contributed by atoms with Crippen molar-refractivity contribution in [3.63, 3.8) is 0 Å². The number of rotatable bonds is 29. The molecule has 0 aliphatic carbocycles. The standard InChI is InChI=1S/C48H62N2O23S6/c1-47(17-8-26-74(53,54)55)42(50(20-9-27-75(56,57)58)38-15-13-34-36(45(38)47)28-32(76(59,60)61)30-40(34)78(65,66)67)10-7-11-43-48(2,18-21-72-24-25-73-23-22-71-3)46-37-29-33(77(62,63)64)31-41(79(68,69)70)35(37)14-16-39(46)49(43)19-6-4-5-12-44(51)52/h7,10-11,13-16,28-31,42H,4-6,8-9,12,17-27H2,1-3H3,(H,51,52)(H,53,54,55)(H,56,57,58)(H,59,60,61)(H,62,63,64)(H,65,66,67)(H,68,69,70). The third kappa shape index (κ3) is 15.1. The molecule has 6 rings (SSSR count). The Balaban J connectivity index is 1.64. The van der Waals surface area contributed by atoms with Crippen molar-refractivity contribution in [1.29, 1.82) is 0 Å². The van der Waals surface area contributed by atoms with Crippen LogP contribution in [0.2, 0.25) is 0 Å². The predicted molar refractivity (Wildman–Crippen MR) is 288 cm³/mol. The maximum atomic E-state index is 13.0. The summed E-state index contributed by atoms with van der Waals surface area (Å²) in [6, 6.07) is 7.67. The fraction of sp³-hybridized carbons (Fsp3) is 0.479. The molecule has 0 fully saturated rings. The summed E-state index contributed by atoms with van der Waals surface area (Å²) in [5, 5.41) is 8.86. The number of carboxylic acid groups (broad SMARTS) is 1. The highest BCUT2D eigenvalue weighted by molar-refractivity contribution is 7.87. The Morgan fingerprint density at radius 2 is 1.10 bits per heavy atom. The first kappa shape index (κ1) is 63.5. The summed E-state index contributed by atoms with van der Waals surface area (Å²) in [5.41, 5.74) is -1.30. The van der Waals surface area contributed by atoms with E-state index in [0.29, 0.717) is 48.5 Å². The molecule has 0 amide bonds. The zero-order chi connectivity index (χ0) is 58.7. The molecule has 79 heavy (non-hydrogen) atoms. The lowest BCUT2D eigenvalue weighted by atomic mass is 9.73. The molecule has 0 spiro atoms. The number of aliphatic carboxylic acids is 1. The summed E-state index contributed by atoms with van der Waals surface area (Å²) in [4.78, 5) is 11.4. The van der Waals surface area contributed by atoms with Gasteiger partial charge >= 0.3 is 5.97 Å². The van der Waals surface area contributed by atoms with E-state index in [9.17, 15) is 87.7 Å². The number of allylic oxidation sites excluding steroid dienone is 3. The highest BCUT2D eigenvalue weighted by Gasteiger charge is 2.49. The van der Waals surface area contributed by atoms with Gasteiger partial charge in [0.25, 0.3) is 60.7 Å². The Morgan fingerprint density at radius 1 is 0.582 bits per heavy atom. The Kier molecular flexibility index (Phi) is 19.6. The van der Waals surface area contributed by atoms with Gasteiger partial charge in [0.2, 0.25) is 0 Å². The molecule has 4 aromatic carbocycles. The molecule has 31 heteroatoms. The molecule has 2 aliphatic rings. The fourth-order valence-electron chi connectivity index (χ4n) is 10.7. The average Bonchev–Trinajstić information content (AvgIpc) is 3.99. The second-order valence-corrected chi connectivity index (χ2v) is 28.3. The molecule has 438 valence electrons. The number of unbranched alkanes of at least 4 members (excludes halogenated alkanes) is 2. The van der Waals surface area contributed by atoms with Crippen LogP contribution in [-0.4, -0.2) is 160 Å². The first-order valence-corrected chi connectivity index (χ1v) is 33.3. The largest absolute Gasteiger partial charge is 0.481 e. The van der Waals surface area contributed by atoms with Crippen LogP contribution in [0.3, 0.4) is 0 Å². The van der Waals surface area contributed by atoms with Gasteiger partial charge in [0.15, 0.2) is 0 Å². The maximum Gasteiger partial charge on any atom is 0.303 e. The normalized spacial score (nSPS) is 19.8. The third-order valence-corrected chi connectivity index (χ3v) is 19.1. The number of methoxy groups -OCH3 is 1. The molecule has 2 heterocycles. The van der Waals surface area contributed by atoms with Crippen molar-refractivity contribution < 1.29 is 102 Å². The number of anilines is 2. The molecule has 4 aromatic rings. The monoisotopic (exact) mass is 1230 g/mol. The molecule has 7 N–H and O–H groups in total. The Labute approximate surface area is 458 Å². The molecule has 3 unspecified atom stereocenters. The lowest BCUT2D eigenvalue weighted by Crippen LogP contribution is -2.43. The van der Waals surface area contributed by atoms with Crippen molar-refractivity contribution in [2.24, 2.45) is 0 Å². The summed E-state index contributed by atoms with van der Waals surface area (Å²) < 4.78 is 229. The fourth-order valence-corrected chi connectivity index (χ4v) is 14.3. The third-order valence-electron chi connectivity index (χ3n) is 14.1. The lowest BCUT2D eigenvalue weighted by Gasteiger charge is -2.36. The number of nitrogens with zero attached hydrogens (tertiary/aromatic N) is 2. The number of hydrogen-bond donors (Lipinski definition) is 7. The predicted octanol–water partition coefficient (Wildman–Crippen LogP) is 5.30. The zero-order valence-electron chi connectivity index (χ0n) is 43.0. The van der Waals surface area contributed by atoms with E-state index in [2.05, 4.69) is 0 Å². The van der Waals surface area contributed by atoms with Crippen LogP contribution in [-0.2, 0) is 90.5 Å². The van der Waals surface area contributed by atoms with Crippen molar-refractivity contribution in [3.05, 3.63) is 83.6 Å². The number of benzene rings is 4. The first-order chi connectivity index (χ1) is 36.5. The van der Waals surface area contributed by atoms with E-state index >= 15 is 0 Å². The van der Waals surface area contributed by atoms with E-state index in [4.69, 9.17) is 14.2 Å². The van der Waals surface area contributed by atoms with Crippen LogP contribution >= 0.6 is 0 Å². The van der Waals surface area contributed by atoms with Crippen LogP contribution in [0.4, 0.5) is 11.4 Å². The van der Waals surface area contributed by atoms with Crippen LogP contribution in [0.25, 0.3) is 21.5 Å². The second kappa shape index (κ2) is 24.4. The Hall–Kier alpha value is -4.71. The molecular formula is C48H62N2O23S6. The minimum absolute atomic E-state index is 0.0167. The van der Waals surface area contributed by atoms with Gasteiger partial charge in [-0.2, -0.15) is 50.5 Å². The van der Waals surface area contributed by atoms with Crippen LogP contribution < -0.4 is 9.80 Å². The van der Waals surface area contributed by atoms with E-state index in [1.54, 1.807) is 43.0 Å². The molecule has 2 aliphatic heterocycles. The summed E-state index contributed by atoms with van der Waals surface area (Å²) in [5.74, 6) is -2.59. The van der Waals surface area contributed by atoms with Gasteiger partial charge in [-0.15, -0.1) is 0 Å². The molecule has 25 nitrogen and oxygen atoms in total. The Bertz CT molecular complexity index is 3760. The molecule has 0 aromatic heterocycles. The first-order valence-electron chi connectivity index (χ1n) is 24.3. The van der Waals surface area contributed by atoms with Gasteiger partial charge in [-0.05, 0) is 110 Å². The topological polar surface area (TPSA) is 398 Å². The van der Waals surface area contributed by atoms with Gasteiger partial charge in [-0.1, -0.05) is 37.6 Å². The van der Waals surface area contributed by atoms with Crippen LogP contribution in [0, 0.1) is 0 Å². The minimum Gasteiger partial charge on any atom is -0.481 e. The van der Waals surface area contributed by atoms with E-state index in [0.717, 1.165) is 12.1 Å². The molecule has 0 saturated carbocycles. The number of carboxylic acids is 1. The second-order valence-electron chi connectivity index (χ2n) is 19.5. The highest BCUT2D eigenvalue weighted by Crippen LogP contribution is 2.55. The lowest BCUT2D eigenvalue weighted by molar-refractivity contribution is -0.137. The van der Waals surface area contributed by atoms with Crippen molar-refractivity contribution in [3.8, 4) is 0 Å². The van der Waals surface area contributed by atoms with Crippen molar-refractivity contribution in [1.82, 2.24) is 0 Å². The van der Waals surface area contributed by atoms with Crippen molar-refractivity contribution >= 4 is 99.6 Å². The van der Waals surface area contributed by atoms with Gasteiger partial charge < -0.3 is 29.1 Å². The maximum absolute atomic E-state index is 13.0. The Morgan fingerprint density at radius 3 is 1.62 bits per heavy atom. The van der Waals surface area contributed by atoms with Gasteiger partial charge in [-0.3, -0.25) is 32.1 Å². The van der Waals surface area contributed by atoms with Crippen LogP contribution in [0.1, 0.15) is 76.3 Å². The van der Waals surface area contributed by atoms with Crippen molar-refractivity contribution in [2.45, 2.75) is 102 Å². The van der Waals surface area contributed by atoms with E-state index < -0.39 is 115 Å². The summed E-state index contributed by atoms with van der Waals surface area (Å²) in [7, 11) is -28.5.